The lowest BCUT2D eigenvalue weighted by molar-refractivity contribution is -0.136. The quantitative estimate of drug-likeness (QED) is 0.412. The van der Waals surface area contributed by atoms with Crippen LogP contribution >= 0.6 is 15.9 Å². The van der Waals surface area contributed by atoms with Gasteiger partial charge < -0.3 is 19.5 Å². The van der Waals surface area contributed by atoms with Crippen molar-refractivity contribution in [3.8, 4) is 17.2 Å². The van der Waals surface area contributed by atoms with Crippen LogP contribution in [0.25, 0.3) is 0 Å². The normalized spacial score (nSPS) is 10.4. The van der Waals surface area contributed by atoms with E-state index < -0.39 is 11.8 Å². The molecule has 142 valence electrons. The summed E-state index contributed by atoms with van der Waals surface area (Å²) in [5.41, 5.74) is 3.22. The van der Waals surface area contributed by atoms with E-state index in [1.807, 2.05) is 0 Å². The Morgan fingerprint density at radius 2 is 1.63 bits per heavy atom. The van der Waals surface area contributed by atoms with Gasteiger partial charge in [0.25, 0.3) is 0 Å². The summed E-state index contributed by atoms with van der Waals surface area (Å²) in [6.07, 6.45) is 1.36. The highest BCUT2D eigenvalue weighted by atomic mass is 79.9. The number of carbonyl (C=O) groups is 2. The molecule has 0 fully saturated rings. The molecule has 0 aliphatic rings. The van der Waals surface area contributed by atoms with E-state index in [1.54, 1.807) is 36.4 Å². The lowest BCUT2D eigenvalue weighted by Crippen LogP contribution is -2.32. The van der Waals surface area contributed by atoms with Crippen LogP contribution < -0.4 is 25.0 Å². The predicted molar refractivity (Wildman–Crippen MR) is 105 cm³/mol. The third-order valence-corrected chi connectivity index (χ3v) is 4.09. The van der Waals surface area contributed by atoms with Gasteiger partial charge in [-0.25, -0.2) is 5.43 Å². The van der Waals surface area contributed by atoms with Gasteiger partial charge in [0.15, 0.2) is 11.5 Å². The van der Waals surface area contributed by atoms with Gasteiger partial charge in [-0.2, -0.15) is 5.10 Å². The maximum atomic E-state index is 11.9. The summed E-state index contributed by atoms with van der Waals surface area (Å²) in [6.45, 7) is 0. The van der Waals surface area contributed by atoms with Crippen LogP contribution in [0.1, 0.15) is 5.56 Å². The molecule has 2 amide bonds. The second-order valence-corrected chi connectivity index (χ2v) is 5.95. The van der Waals surface area contributed by atoms with Gasteiger partial charge in [0.1, 0.15) is 0 Å². The van der Waals surface area contributed by atoms with Crippen molar-refractivity contribution in [3.63, 3.8) is 0 Å². The molecule has 0 spiro atoms. The Balaban J connectivity index is 2.05. The molecule has 0 atom stereocenters. The number of carbonyl (C=O) groups excluding carboxylic acids is 2. The Hall–Kier alpha value is -3.07. The maximum Gasteiger partial charge on any atom is 0.329 e. The number of rotatable bonds is 6. The van der Waals surface area contributed by atoms with Crippen molar-refractivity contribution in [2.24, 2.45) is 5.10 Å². The van der Waals surface area contributed by atoms with Gasteiger partial charge in [0.2, 0.25) is 5.75 Å². The molecule has 0 bridgehead atoms. The number of hydrazone groups is 1. The molecule has 0 heterocycles. The first-order chi connectivity index (χ1) is 13.0. The zero-order valence-electron chi connectivity index (χ0n) is 14.9. The van der Waals surface area contributed by atoms with Crippen molar-refractivity contribution in [3.05, 3.63) is 46.4 Å². The molecule has 0 aromatic heterocycles. The molecule has 9 heteroatoms. The van der Waals surface area contributed by atoms with Crippen molar-refractivity contribution in [1.82, 2.24) is 5.43 Å². The molecule has 0 unspecified atom stereocenters. The zero-order valence-corrected chi connectivity index (χ0v) is 16.5. The Morgan fingerprint density at radius 3 is 2.19 bits per heavy atom. The summed E-state index contributed by atoms with van der Waals surface area (Å²) >= 11 is 3.29. The van der Waals surface area contributed by atoms with Crippen LogP contribution in [-0.2, 0) is 9.59 Å². The summed E-state index contributed by atoms with van der Waals surface area (Å²) in [5.74, 6) is -0.431. The molecule has 0 saturated heterocycles. The van der Waals surface area contributed by atoms with Crippen LogP contribution in [0.15, 0.2) is 46.0 Å². The van der Waals surface area contributed by atoms with Gasteiger partial charge in [0, 0.05) is 10.0 Å². The zero-order chi connectivity index (χ0) is 19.8. The summed E-state index contributed by atoms with van der Waals surface area (Å²) in [7, 11) is 4.48. The van der Waals surface area contributed by atoms with E-state index in [1.165, 1.54) is 27.5 Å². The van der Waals surface area contributed by atoms with Crippen LogP contribution in [0, 0.1) is 0 Å². The highest BCUT2D eigenvalue weighted by Gasteiger charge is 2.15. The molecule has 0 aliphatic carbocycles. The van der Waals surface area contributed by atoms with E-state index in [0.29, 0.717) is 33.0 Å². The van der Waals surface area contributed by atoms with Crippen LogP contribution in [0.2, 0.25) is 0 Å². The Kier molecular flexibility index (Phi) is 7.18. The number of amides is 2. The fraction of sp³-hybridized carbons (Fsp3) is 0.167. The molecule has 0 aliphatic heterocycles. The number of hydrogen-bond acceptors (Lipinski definition) is 6. The lowest BCUT2D eigenvalue weighted by atomic mass is 10.2. The summed E-state index contributed by atoms with van der Waals surface area (Å²) in [4.78, 5) is 23.8. The van der Waals surface area contributed by atoms with Gasteiger partial charge in [-0.1, -0.05) is 12.1 Å². The van der Waals surface area contributed by atoms with E-state index in [2.05, 4.69) is 31.8 Å². The van der Waals surface area contributed by atoms with Crippen molar-refractivity contribution >= 4 is 39.6 Å². The topological polar surface area (TPSA) is 98.2 Å². The Bertz CT molecular complexity index is 845. The highest BCUT2D eigenvalue weighted by Crippen LogP contribution is 2.37. The summed E-state index contributed by atoms with van der Waals surface area (Å²) in [6, 6.07) is 10.2. The third-order valence-electron chi connectivity index (χ3n) is 3.40. The fourth-order valence-corrected chi connectivity index (χ4v) is 2.52. The van der Waals surface area contributed by atoms with Gasteiger partial charge >= 0.3 is 11.8 Å². The van der Waals surface area contributed by atoms with Crippen molar-refractivity contribution in [1.29, 1.82) is 0 Å². The molecule has 2 N–H and O–H groups in total. The second kappa shape index (κ2) is 9.58. The summed E-state index contributed by atoms with van der Waals surface area (Å²) < 4.78 is 16.4. The number of benzene rings is 2. The standard InChI is InChI=1S/C18H18BrN3O5/c1-25-14-8-11(9-15(26-2)16(14)27-3)10-20-22-18(24)17(23)21-13-7-5-4-6-12(13)19/h4-10H,1-3H3,(H,21,23)(H,22,24)/b20-10-. The number of methoxy groups -OCH3 is 3. The molecule has 2 rings (SSSR count). The van der Waals surface area contributed by atoms with E-state index in [0.717, 1.165) is 0 Å². The van der Waals surface area contributed by atoms with Crippen molar-refractivity contribution < 1.29 is 23.8 Å². The molecular formula is C18H18BrN3O5. The number of ether oxygens (including phenoxy) is 3. The number of halogens is 1. The number of nitrogens with one attached hydrogen (secondary N) is 2. The number of anilines is 1. The first-order valence-corrected chi connectivity index (χ1v) is 8.48. The smallest absolute Gasteiger partial charge is 0.329 e. The average molecular weight is 436 g/mol. The maximum absolute atomic E-state index is 11.9. The number of nitrogens with zero attached hydrogens (tertiary/aromatic N) is 1. The van der Waals surface area contributed by atoms with Crippen LogP contribution in [-0.4, -0.2) is 39.4 Å². The summed E-state index contributed by atoms with van der Waals surface area (Å²) in [5, 5.41) is 6.27. The molecule has 0 radical (unpaired) electrons. The fourth-order valence-electron chi connectivity index (χ4n) is 2.13. The monoisotopic (exact) mass is 435 g/mol. The van der Waals surface area contributed by atoms with E-state index in [4.69, 9.17) is 14.2 Å². The highest BCUT2D eigenvalue weighted by molar-refractivity contribution is 9.10. The van der Waals surface area contributed by atoms with Gasteiger partial charge in [-0.15, -0.1) is 0 Å². The molecular weight excluding hydrogens is 418 g/mol. The lowest BCUT2D eigenvalue weighted by Gasteiger charge is -2.12. The van der Waals surface area contributed by atoms with E-state index >= 15 is 0 Å². The first-order valence-electron chi connectivity index (χ1n) is 7.69. The SMILES string of the molecule is COc1cc(/C=N\NC(=O)C(=O)Nc2ccccc2Br)cc(OC)c1OC. The largest absolute Gasteiger partial charge is 0.493 e. The molecule has 8 nitrogen and oxygen atoms in total. The predicted octanol–water partition coefficient (Wildman–Crippen LogP) is 2.56. The average Bonchev–Trinajstić information content (AvgIpc) is 2.68. The molecule has 2 aromatic carbocycles. The van der Waals surface area contributed by atoms with Crippen LogP contribution in [0.3, 0.4) is 0 Å². The molecule has 27 heavy (non-hydrogen) atoms. The van der Waals surface area contributed by atoms with Crippen LogP contribution in [0.4, 0.5) is 5.69 Å². The number of hydrogen-bond donors (Lipinski definition) is 2. The van der Waals surface area contributed by atoms with Crippen molar-refractivity contribution in [2.75, 3.05) is 26.6 Å². The second-order valence-electron chi connectivity index (χ2n) is 5.09. The van der Waals surface area contributed by atoms with Crippen LogP contribution in [0.5, 0.6) is 17.2 Å². The van der Waals surface area contributed by atoms with E-state index in [-0.39, 0.29) is 0 Å². The number of para-hydroxylation sites is 1. The minimum absolute atomic E-state index is 0.439. The van der Waals surface area contributed by atoms with Gasteiger partial charge in [0.05, 0.1) is 33.2 Å². The van der Waals surface area contributed by atoms with Gasteiger partial charge in [-0.3, -0.25) is 9.59 Å². The van der Waals surface area contributed by atoms with Gasteiger partial charge in [-0.05, 0) is 40.2 Å². The Morgan fingerprint density at radius 1 is 1.00 bits per heavy atom. The Labute approximate surface area is 164 Å². The molecule has 0 saturated carbocycles. The minimum atomic E-state index is -0.908. The van der Waals surface area contributed by atoms with E-state index in [9.17, 15) is 9.59 Å². The minimum Gasteiger partial charge on any atom is -0.493 e. The van der Waals surface area contributed by atoms with Crippen molar-refractivity contribution in [2.45, 2.75) is 0 Å². The first kappa shape index (κ1) is 20.2. The third kappa shape index (κ3) is 5.20. The molecule has 2 aromatic rings.